The minimum atomic E-state index is -0.0172. The van der Waals surface area contributed by atoms with Crippen molar-refractivity contribution in [3.8, 4) is 0 Å². The van der Waals surface area contributed by atoms with E-state index in [1.807, 2.05) is 36.4 Å². The zero-order valence-corrected chi connectivity index (χ0v) is 12.8. The van der Waals surface area contributed by atoms with Gasteiger partial charge in [0.05, 0.1) is 12.1 Å². The second-order valence-electron chi connectivity index (χ2n) is 4.28. The molecule has 0 saturated carbocycles. The molecule has 0 bridgehead atoms. The van der Waals surface area contributed by atoms with Crippen molar-refractivity contribution in [2.75, 3.05) is 11.1 Å². The van der Waals surface area contributed by atoms with E-state index in [0.29, 0.717) is 11.4 Å². The molecule has 0 aromatic heterocycles. The molecule has 104 valence electrons. The lowest BCUT2D eigenvalue weighted by Gasteiger charge is -2.10. The van der Waals surface area contributed by atoms with Gasteiger partial charge in [-0.3, -0.25) is 4.79 Å². The van der Waals surface area contributed by atoms with Crippen molar-refractivity contribution in [2.24, 2.45) is 0 Å². The van der Waals surface area contributed by atoms with Gasteiger partial charge in [-0.25, -0.2) is 0 Å². The van der Waals surface area contributed by atoms with Gasteiger partial charge in [-0.1, -0.05) is 42.8 Å². The quantitative estimate of drug-likeness (QED) is 0.816. The van der Waals surface area contributed by atoms with E-state index in [1.165, 1.54) is 0 Å². The molecule has 0 radical (unpaired) electrons. The van der Waals surface area contributed by atoms with Crippen molar-refractivity contribution < 1.29 is 4.79 Å². The number of hydrogen-bond acceptors (Lipinski definition) is 2. The maximum atomic E-state index is 12.1. The second-order valence-corrected chi connectivity index (χ2v) is 6.02. The molecular formula is C16H16ClNOS. The van der Waals surface area contributed by atoms with Gasteiger partial charge < -0.3 is 5.32 Å². The Morgan fingerprint density at radius 1 is 1.15 bits per heavy atom. The third kappa shape index (κ3) is 4.29. The van der Waals surface area contributed by atoms with E-state index in [1.54, 1.807) is 23.9 Å². The number of rotatable bonds is 5. The van der Waals surface area contributed by atoms with Crippen LogP contribution in [0.4, 0.5) is 5.69 Å². The molecule has 0 saturated heterocycles. The summed E-state index contributed by atoms with van der Waals surface area (Å²) in [5.41, 5.74) is 1.82. The highest BCUT2D eigenvalue weighted by Crippen LogP contribution is 2.26. The fourth-order valence-electron chi connectivity index (χ4n) is 1.83. The van der Waals surface area contributed by atoms with E-state index in [9.17, 15) is 4.79 Å². The Bertz CT molecular complexity index is 583. The smallest absolute Gasteiger partial charge is 0.228 e. The lowest BCUT2D eigenvalue weighted by Crippen LogP contribution is -2.14. The first kappa shape index (κ1) is 14.9. The number of hydrogen-bond donors (Lipinski definition) is 1. The van der Waals surface area contributed by atoms with E-state index in [2.05, 4.69) is 12.2 Å². The SMILES string of the molecule is CCSc1ccccc1NC(=O)Cc1ccc(Cl)cc1. The van der Waals surface area contributed by atoms with E-state index >= 15 is 0 Å². The minimum absolute atomic E-state index is 0.0172. The fourth-order valence-corrected chi connectivity index (χ4v) is 2.72. The summed E-state index contributed by atoms with van der Waals surface area (Å²) in [6, 6.07) is 15.2. The number of carbonyl (C=O) groups excluding carboxylic acids is 1. The molecule has 2 nitrogen and oxygen atoms in total. The van der Waals surface area contributed by atoms with Gasteiger partial charge in [-0.2, -0.15) is 0 Å². The van der Waals surface area contributed by atoms with Crippen LogP contribution in [0, 0.1) is 0 Å². The summed E-state index contributed by atoms with van der Waals surface area (Å²) in [5, 5.41) is 3.65. The van der Waals surface area contributed by atoms with E-state index < -0.39 is 0 Å². The topological polar surface area (TPSA) is 29.1 Å². The van der Waals surface area contributed by atoms with E-state index in [0.717, 1.165) is 21.9 Å². The molecule has 0 aliphatic carbocycles. The maximum Gasteiger partial charge on any atom is 0.228 e. The molecule has 20 heavy (non-hydrogen) atoms. The molecule has 1 amide bonds. The molecule has 0 aliphatic rings. The van der Waals surface area contributed by atoms with Crippen LogP contribution in [0.25, 0.3) is 0 Å². The van der Waals surface area contributed by atoms with Crippen LogP contribution in [0.2, 0.25) is 5.02 Å². The molecule has 0 spiro atoms. The van der Waals surface area contributed by atoms with Crippen LogP contribution < -0.4 is 5.32 Å². The van der Waals surface area contributed by atoms with Gasteiger partial charge in [0.1, 0.15) is 0 Å². The summed E-state index contributed by atoms with van der Waals surface area (Å²) >= 11 is 7.55. The average molecular weight is 306 g/mol. The molecule has 0 aliphatic heterocycles. The van der Waals surface area contributed by atoms with Gasteiger partial charge in [0.2, 0.25) is 5.91 Å². The Morgan fingerprint density at radius 3 is 2.55 bits per heavy atom. The highest BCUT2D eigenvalue weighted by atomic mass is 35.5. The molecule has 0 heterocycles. The number of nitrogens with one attached hydrogen (secondary N) is 1. The predicted octanol–water partition coefficient (Wildman–Crippen LogP) is 4.63. The van der Waals surface area contributed by atoms with Gasteiger partial charge in [0.15, 0.2) is 0 Å². The minimum Gasteiger partial charge on any atom is -0.325 e. The summed E-state index contributed by atoms with van der Waals surface area (Å²) in [6.45, 7) is 2.09. The van der Waals surface area contributed by atoms with Crippen molar-refractivity contribution >= 4 is 35.0 Å². The van der Waals surface area contributed by atoms with Crippen molar-refractivity contribution in [3.63, 3.8) is 0 Å². The Hall–Kier alpha value is -1.45. The molecule has 0 unspecified atom stereocenters. The number of para-hydroxylation sites is 1. The first-order valence-electron chi connectivity index (χ1n) is 6.45. The summed E-state index contributed by atoms with van der Waals surface area (Å²) < 4.78 is 0. The Labute approximate surface area is 128 Å². The molecule has 0 fully saturated rings. The molecule has 2 rings (SSSR count). The van der Waals surface area contributed by atoms with Gasteiger partial charge >= 0.3 is 0 Å². The highest BCUT2D eigenvalue weighted by molar-refractivity contribution is 7.99. The number of carbonyl (C=O) groups is 1. The third-order valence-electron chi connectivity index (χ3n) is 2.74. The number of benzene rings is 2. The zero-order valence-electron chi connectivity index (χ0n) is 11.2. The average Bonchev–Trinajstić information content (AvgIpc) is 2.44. The number of thioether (sulfide) groups is 1. The second kappa shape index (κ2) is 7.36. The van der Waals surface area contributed by atoms with Crippen LogP contribution in [-0.2, 0) is 11.2 Å². The maximum absolute atomic E-state index is 12.1. The summed E-state index contributed by atoms with van der Waals surface area (Å²) in [6.07, 6.45) is 0.349. The molecule has 1 N–H and O–H groups in total. The van der Waals surface area contributed by atoms with Crippen LogP contribution in [0.15, 0.2) is 53.4 Å². The standard InChI is InChI=1S/C16H16ClNOS/c1-2-20-15-6-4-3-5-14(15)18-16(19)11-12-7-9-13(17)10-8-12/h3-10H,2,11H2,1H3,(H,18,19). The van der Waals surface area contributed by atoms with Gasteiger partial charge in [-0.05, 0) is 35.6 Å². The Balaban J connectivity index is 2.02. The fraction of sp³-hybridized carbons (Fsp3) is 0.188. The van der Waals surface area contributed by atoms with Gasteiger partial charge in [0.25, 0.3) is 0 Å². The summed E-state index contributed by atoms with van der Waals surface area (Å²) in [7, 11) is 0. The van der Waals surface area contributed by atoms with Gasteiger partial charge in [-0.15, -0.1) is 11.8 Å². The molecule has 2 aromatic rings. The van der Waals surface area contributed by atoms with E-state index in [-0.39, 0.29) is 5.91 Å². The van der Waals surface area contributed by atoms with Crippen LogP contribution in [0.5, 0.6) is 0 Å². The van der Waals surface area contributed by atoms with Crippen LogP contribution in [-0.4, -0.2) is 11.7 Å². The van der Waals surface area contributed by atoms with Crippen molar-refractivity contribution in [1.29, 1.82) is 0 Å². The van der Waals surface area contributed by atoms with Crippen molar-refractivity contribution in [1.82, 2.24) is 0 Å². The molecule has 0 atom stereocenters. The van der Waals surface area contributed by atoms with E-state index in [4.69, 9.17) is 11.6 Å². The summed E-state index contributed by atoms with van der Waals surface area (Å²) in [4.78, 5) is 13.2. The normalized spacial score (nSPS) is 10.3. The monoisotopic (exact) mass is 305 g/mol. The Morgan fingerprint density at radius 2 is 1.85 bits per heavy atom. The lowest BCUT2D eigenvalue weighted by molar-refractivity contribution is -0.115. The summed E-state index contributed by atoms with van der Waals surface area (Å²) in [5.74, 6) is 0.959. The van der Waals surface area contributed by atoms with Crippen molar-refractivity contribution in [2.45, 2.75) is 18.2 Å². The first-order valence-corrected chi connectivity index (χ1v) is 7.81. The lowest BCUT2D eigenvalue weighted by atomic mass is 10.1. The Kier molecular flexibility index (Phi) is 5.50. The van der Waals surface area contributed by atoms with Gasteiger partial charge in [0, 0.05) is 9.92 Å². The predicted molar refractivity (Wildman–Crippen MR) is 86.6 cm³/mol. The molecular weight excluding hydrogens is 290 g/mol. The number of amides is 1. The number of halogens is 1. The highest BCUT2D eigenvalue weighted by Gasteiger charge is 2.07. The molecule has 4 heteroatoms. The third-order valence-corrected chi connectivity index (χ3v) is 3.95. The molecule has 2 aromatic carbocycles. The number of anilines is 1. The van der Waals surface area contributed by atoms with Crippen LogP contribution >= 0.6 is 23.4 Å². The largest absolute Gasteiger partial charge is 0.325 e. The van der Waals surface area contributed by atoms with Crippen molar-refractivity contribution in [3.05, 3.63) is 59.1 Å². The van der Waals surface area contributed by atoms with Crippen LogP contribution in [0.1, 0.15) is 12.5 Å². The first-order chi connectivity index (χ1) is 9.69. The zero-order chi connectivity index (χ0) is 14.4. The van der Waals surface area contributed by atoms with Crippen LogP contribution in [0.3, 0.4) is 0 Å².